The van der Waals surface area contributed by atoms with Crippen LogP contribution in [0.1, 0.15) is 24.1 Å². The smallest absolute Gasteiger partial charge is 0.115 e. The maximum absolute atomic E-state index is 9.57. The van der Waals surface area contributed by atoms with Crippen LogP contribution in [0, 0.1) is 0 Å². The summed E-state index contributed by atoms with van der Waals surface area (Å²) in [7, 11) is 4.13. The van der Waals surface area contributed by atoms with Gasteiger partial charge in [0.1, 0.15) is 5.75 Å². The van der Waals surface area contributed by atoms with E-state index in [0.717, 1.165) is 17.8 Å². The van der Waals surface area contributed by atoms with Gasteiger partial charge in [0, 0.05) is 18.3 Å². The SMILES string of the molecule is CC(Nc1ccccc1CN(C)C)c1cccc(O)c1. The Hall–Kier alpha value is -2.00. The Balaban J connectivity index is 2.17. The van der Waals surface area contributed by atoms with Crippen molar-refractivity contribution in [3.63, 3.8) is 0 Å². The highest BCUT2D eigenvalue weighted by atomic mass is 16.3. The average Bonchev–Trinajstić information content (AvgIpc) is 2.40. The first kappa shape index (κ1) is 14.4. The number of rotatable bonds is 5. The van der Waals surface area contributed by atoms with Crippen molar-refractivity contribution in [2.24, 2.45) is 0 Å². The van der Waals surface area contributed by atoms with Crippen molar-refractivity contribution < 1.29 is 5.11 Å². The first-order valence-electron chi connectivity index (χ1n) is 6.84. The van der Waals surface area contributed by atoms with Crippen molar-refractivity contribution >= 4 is 5.69 Å². The summed E-state index contributed by atoms with van der Waals surface area (Å²) >= 11 is 0. The van der Waals surface area contributed by atoms with Crippen LogP contribution >= 0.6 is 0 Å². The van der Waals surface area contributed by atoms with Crippen LogP contribution in [0.4, 0.5) is 5.69 Å². The summed E-state index contributed by atoms with van der Waals surface area (Å²) in [5.74, 6) is 0.303. The normalized spacial score (nSPS) is 12.4. The lowest BCUT2D eigenvalue weighted by Crippen LogP contribution is -2.14. The van der Waals surface area contributed by atoms with Crippen molar-refractivity contribution in [3.05, 3.63) is 59.7 Å². The predicted octanol–water partition coefficient (Wildman–Crippen LogP) is 3.63. The van der Waals surface area contributed by atoms with Crippen LogP contribution < -0.4 is 5.32 Å². The molecular formula is C17H22N2O. The van der Waals surface area contributed by atoms with E-state index in [4.69, 9.17) is 0 Å². The third-order valence-electron chi connectivity index (χ3n) is 3.25. The van der Waals surface area contributed by atoms with Crippen molar-refractivity contribution in [2.75, 3.05) is 19.4 Å². The maximum Gasteiger partial charge on any atom is 0.115 e. The van der Waals surface area contributed by atoms with Gasteiger partial charge < -0.3 is 15.3 Å². The second-order valence-electron chi connectivity index (χ2n) is 5.36. The second kappa shape index (κ2) is 6.44. The van der Waals surface area contributed by atoms with Crippen molar-refractivity contribution in [1.82, 2.24) is 4.90 Å². The molecule has 2 aromatic carbocycles. The molecule has 1 atom stereocenters. The summed E-state index contributed by atoms with van der Waals surface area (Å²) in [6, 6.07) is 15.9. The standard InChI is InChI=1S/C17H22N2O/c1-13(14-8-6-9-16(20)11-14)18-17-10-5-4-7-15(17)12-19(2)3/h4-11,13,18,20H,12H2,1-3H3. The van der Waals surface area contributed by atoms with Gasteiger partial charge in [-0.1, -0.05) is 30.3 Å². The van der Waals surface area contributed by atoms with E-state index in [2.05, 4.69) is 49.4 Å². The van der Waals surface area contributed by atoms with E-state index < -0.39 is 0 Å². The number of nitrogens with one attached hydrogen (secondary N) is 1. The van der Waals surface area contributed by atoms with Gasteiger partial charge in [-0.05, 0) is 50.3 Å². The second-order valence-corrected chi connectivity index (χ2v) is 5.36. The molecule has 0 fully saturated rings. The number of para-hydroxylation sites is 1. The highest BCUT2D eigenvalue weighted by molar-refractivity contribution is 5.52. The van der Waals surface area contributed by atoms with Crippen LogP contribution in [0.2, 0.25) is 0 Å². The Labute approximate surface area is 120 Å². The van der Waals surface area contributed by atoms with Crippen LogP contribution in [0.5, 0.6) is 5.75 Å². The first-order valence-corrected chi connectivity index (χ1v) is 6.84. The van der Waals surface area contributed by atoms with E-state index in [1.54, 1.807) is 12.1 Å². The molecule has 0 saturated carbocycles. The lowest BCUT2D eigenvalue weighted by Gasteiger charge is -2.20. The zero-order chi connectivity index (χ0) is 14.5. The largest absolute Gasteiger partial charge is 0.508 e. The zero-order valence-corrected chi connectivity index (χ0v) is 12.3. The van der Waals surface area contributed by atoms with Crippen LogP contribution in [-0.4, -0.2) is 24.1 Å². The van der Waals surface area contributed by atoms with Gasteiger partial charge in [-0.25, -0.2) is 0 Å². The topological polar surface area (TPSA) is 35.5 Å². The zero-order valence-electron chi connectivity index (χ0n) is 12.3. The van der Waals surface area contributed by atoms with Gasteiger partial charge in [-0.3, -0.25) is 0 Å². The molecule has 2 N–H and O–H groups in total. The molecule has 0 radical (unpaired) electrons. The molecular weight excluding hydrogens is 248 g/mol. The number of phenolic OH excluding ortho intramolecular Hbond substituents is 1. The minimum absolute atomic E-state index is 0.144. The Morgan fingerprint density at radius 3 is 2.55 bits per heavy atom. The number of hydrogen-bond donors (Lipinski definition) is 2. The average molecular weight is 270 g/mol. The molecule has 2 rings (SSSR count). The molecule has 3 nitrogen and oxygen atoms in total. The Bertz CT molecular complexity index is 566. The van der Waals surface area contributed by atoms with Crippen molar-refractivity contribution in [3.8, 4) is 5.75 Å². The predicted molar refractivity (Wildman–Crippen MR) is 84.0 cm³/mol. The first-order chi connectivity index (χ1) is 9.56. The summed E-state index contributed by atoms with van der Waals surface area (Å²) in [5, 5.41) is 13.1. The number of anilines is 1. The number of hydrogen-bond acceptors (Lipinski definition) is 3. The van der Waals surface area contributed by atoms with E-state index in [-0.39, 0.29) is 6.04 Å². The van der Waals surface area contributed by atoms with E-state index in [1.807, 2.05) is 18.2 Å². The Kier molecular flexibility index (Phi) is 4.64. The molecule has 0 aromatic heterocycles. The van der Waals surface area contributed by atoms with Crippen LogP contribution in [0.3, 0.4) is 0 Å². The van der Waals surface area contributed by atoms with Crippen LogP contribution in [0.25, 0.3) is 0 Å². The molecule has 0 saturated heterocycles. The Morgan fingerprint density at radius 2 is 1.85 bits per heavy atom. The van der Waals surface area contributed by atoms with Crippen LogP contribution in [0.15, 0.2) is 48.5 Å². The molecule has 20 heavy (non-hydrogen) atoms. The molecule has 0 aliphatic heterocycles. The van der Waals surface area contributed by atoms with Crippen molar-refractivity contribution in [2.45, 2.75) is 19.5 Å². The molecule has 0 heterocycles. The van der Waals surface area contributed by atoms with Gasteiger partial charge in [-0.2, -0.15) is 0 Å². The summed E-state index contributed by atoms with van der Waals surface area (Å²) in [4.78, 5) is 2.15. The fourth-order valence-corrected chi connectivity index (χ4v) is 2.25. The number of phenols is 1. The highest BCUT2D eigenvalue weighted by Gasteiger charge is 2.09. The molecule has 3 heteroatoms. The summed E-state index contributed by atoms with van der Waals surface area (Å²) in [6.45, 7) is 3.00. The van der Waals surface area contributed by atoms with E-state index in [9.17, 15) is 5.11 Å². The molecule has 0 spiro atoms. The number of benzene rings is 2. The van der Waals surface area contributed by atoms with Crippen molar-refractivity contribution in [1.29, 1.82) is 0 Å². The summed E-state index contributed by atoms with van der Waals surface area (Å²) < 4.78 is 0. The molecule has 2 aromatic rings. The van der Waals surface area contributed by atoms with Gasteiger partial charge in [-0.15, -0.1) is 0 Å². The minimum atomic E-state index is 0.144. The lowest BCUT2D eigenvalue weighted by molar-refractivity contribution is 0.403. The monoisotopic (exact) mass is 270 g/mol. The third kappa shape index (κ3) is 3.75. The third-order valence-corrected chi connectivity index (χ3v) is 3.25. The number of nitrogens with zero attached hydrogens (tertiary/aromatic N) is 1. The minimum Gasteiger partial charge on any atom is -0.508 e. The quantitative estimate of drug-likeness (QED) is 0.871. The molecule has 0 aliphatic rings. The van der Waals surface area contributed by atoms with Gasteiger partial charge in [0.05, 0.1) is 0 Å². The Morgan fingerprint density at radius 1 is 1.10 bits per heavy atom. The lowest BCUT2D eigenvalue weighted by atomic mass is 10.1. The van der Waals surface area contributed by atoms with E-state index in [1.165, 1.54) is 5.56 Å². The van der Waals surface area contributed by atoms with E-state index >= 15 is 0 Å². The van der Waals surface area contributed by atoms with Gasteiger partial charge in [0.2, 0.25) is 0 Å². The summed E-state index contributed by atoms with van der Waals surface area (Å²) in [6.07, 6.45) is 0. The number of aromatic hydroxyl groups is 1. The molecule has 1 unspecified atom stereocenters. The molecule has 0 bridgehead atoms. The fourth-order valence-electron chi connectivity index (χ4n) is 2.25. The molecule has 0 amide bonds. The van der Waals surface area contributed by atoms with Gasteiger partial charge in [0.25, 0.3) is 0 Å². The summed E-state index contributed by atoms with van der Waals surface area (Å²) in [5.41, 5.74) is 3.48. The molecule has 106 valence electrons. The van der Waals surface area contributed by atoms with E-state index in [0.29, 0.717) is 5.75 Å². The van der Waals surface area contributed by atoms with Crippen LogP contribution in [-0.2, 0) is 6.54 Å². The molecule has 0 aliphatic carbocycles. The fraction of sp³-hybridized carbons (Fsp3) is 0.294. The highest BCUT2D eigenvalue weighted by Crippen LogP contribution is 2.24. The maximum atomic E-state index is 9.57. The van der Waals surface area contributed by atoms with Gasteiger partial charge >= 0.3 is 0 Å². The van der Waals surface area contributed by atoms with Gasteiger partial charge in [0.15, 0.2) is 0 Å².